The standard InChI is InChI=1S/C25H29N7O5S2/c1-2-37-23-11-26-9-20(29-23)22-10-28-25(38-22)24(33)30-21(12-32-16-8-17(32)14-36-13-16)19-7-15(5-6-27-19)31-39(34,35)18-3-4-18/h5-7,9-11,16-18,21H,2-4,8,12-14H2,1H3,(H,27,31)(H,30,33)/t16-,17+,21-/m1/s1. The Morgan fingerprint density at radius 2 is 2.05 bits per heavy atom. The van der Waals surface area contributed by atoms with Crippen molar-refractivity contribution < 1.29 is 22.7 Å². The molecule has 39 heavy (non-hydrogen) atoms. The fourth-order valence-corrected chi connectivity index (χ4v) is 7.02. The molecular formula is C25H29N7O5S2. The average Bonchev–Trinajstić information content (AvgIpc) is 3.69. The molecule has 2 bridgehead atoms. The number of thiazole rings is 1. The number of rotatable bonds is 11. The molecule has 3 aromatic heterocycles. The van der Waals surface area contributed by atoms with Crippen LogP contribution in [0.2, 0.25) is 0 Å². The van der Waals surface area contributed by atoms with E-state index in [9.17, 15) is 13.2 Å². The van der Waals surface area contributed by atoms with Crippen LogP contribution in [0.25, 0.3) is 10.6 Å². The van der Waals surface area contributed by atoms with Gasteiger partial charge in [-0.05, 0) is 38.3 Å². The van der Waals surface area contributed by atoms with Gasteiger partial charge in [0.2, 0.25) is 15.9 Å². The zero-order valence-electron chi connectivity index (χ0n) is 21.3. The molecule has 0 radical (unpaired) electrons. The number of amides is 1. The summed E-state index contributed by atoms with van der Waals surface area (Å²) in [6, 6.07) is 3.42. The lowest BCUT2D eigenvalue weighted by molar-refractivity contribution is -0.129. The van der Waals surface area contributed by atoms with Crippen molar-refractivity contribution in [2.24, 2.45) is 0 Å². The number of fused-ring (bicyclic) bond motifs is 2. The van der Waals surface area contributed by atoms with E-state index >= 15 is 0 Å². The van der Waals surface area contributed by atoms with Gasteiger partial charge in [0.1, 0.15) is 5.69 Å². The maximum absolute atomic E-state index is 13.4. The van der Waals surface area contributed by atoms with Crippen molar-refractivity contribution in [2.45, 2.75) is 49.6 Å². The number of sulfonamides is 1. The van der Waals surface area contributed by atoms with Crippen molar-refractivity contribution in [1.29, 1.82) is 0 Å². The molecule has 206 valence electrons. The number of hydrogen-bond donors (Lipinski definition) is 2. The van der Waals surface area contributed by atoms with Gasteiger partial charge in [0.25, 0.3) is 5.91 Å². The van der Waals surface area contributed by atoms with Gasteiger partial charge in [-0.25, -0.2) is 18.4 Å². The van der Waals surface area contributed by atoms with E-state index in [0.717, 1.165) is 6.42 Å². The van der Waals surface area contributed by atoms with Gasteiger partial charge in [-0.3, -0.25) is 24.4 Å². The van der Waals surface area contributed by atoms with E-state index in [4.69, 9.17) is 9.47 Å². The quantitative estimate of drug-likeness (QED) is 0.351. The zero-order valence-corrected chi connectivity index (χ0v) is 23.0. The van der Waals surface area contributed by atoms with E-state index in [1.54, 1.807) is 30.7 Å². The molecule has 3 fully saturated rings. The van der Waals surface area contributed by atoms with Crippen LogP contribution in [0.5, 0.6) is 5.88 Å². The van der Waals surface area contributed by atoms with Gasteiger partial charge >= 0.3 is 0 Å². The van der Waals surface area contributed by atoms with E-state index in [2.05, 4.69) is 34.9 Å². The van der Waals surface area contributed by atoms with Crippen LogP contribution in [0.4, 0.5) is 5.69 Å². The lowest BCUT2D eigenvalue weighted by Crippen LogP contribution is -2.65. The number of nitrogens with one attached hydrogen (secondary N) is 2. The Balaban J connectivity index is 1.22. The van der Waals surface area contributed by atoms with Crippen LogP contribution >= 0.6 is 11.3 Å². The molecule has 2 aliphatic heterocycles. The first-order chi connectivity index (χ1) is 18.9. The molecule has 12 nitrogen and oxygen atoms in total. The maximum atomic E-state index is 13.4. The summed E-state index contributed by atoms with van der Waals surface area (Å²) in [5.41, 5.74) is 1.57. The number of carbonyl (C=O) groups excluding carboxylic acids is 1. The van der Waals surface area contributed by atoms with E-state index in [0.29, 0.717) is 79.1 Å². The topological polar surface area (TPSA) is 149 Å². The Labute approximate surface area is 230 Å². The predicted molar refractivity (Wildman–Crippen MR) is 144 cm³/mol. The fourth-order valence-electron chi connectivity index (χ4n) is 4.86. The summed E-state index contributed by atoms with van der Waals surface area (Å²) >= 11 is 1.21. The van der Waals surface area contributed by atoms with Crippen LogP contribution in [0.1, 0.15) is 47.7 Å². The summed E-state index contributed by atoms with van der Waals surface area (Å²) in [5.74, 6) is 0.0553. The predicted octanol–water partition coefficient (Wildman–Crippen LogP) is 2.24. The van der Waals surface area contributed by atoms with Crippen molar-refractivity contribution in [3.05, 3.63) is 47.6 Å². The van der Waals surface area contributed by atoms with E-state index < -0.39 is 16.1 Å². The van der Waals surface area contributed by atoms with Crippen molar-refractivity contribution in [2.75, 3.05) is 31.1 Å². The summed E-state index contributed by atoms with van der Waals surface area (Å²) in [7, 11) is -3.43. The van der Waals surface area contributed by atoms with Crippen molar-refractivity contribution in [1.82, 2.24) is 30.2 Å². The Kier molecular flexibility index (Phi) is 7.18. The summed E-state index contributed by atoms with van der Waals surface area (Å²) < 4.78 is 38.7. The van der Waals surface area contributed by atoms with Crippen molar-refractivity contribution >= 4 is 33.0 Å². The SMILES string of the molecule is CCOc1cncc(-c2cnc(C(=O)N[C@H](CN3[C@@H]4COC[C@H]3C4)c3cc(NS(=O)(=O)C4CC4)ccn3)s2)n1. The molecule has 1 aliphatic carbocycles. The van der Waals surface area contributed by atoms with E-state index in [1.807, 2.05) is 6.92 Å². The average molecular weight is 572 g/mol. The Morgan fingerprint density at radius 3 is 2.79 bits per heavy atom. The van der Waals surface area contributed by atoms with E-state index in [-0.39, 0.29) is 16.2 Å². The molecule has 0 aromatic carbocycles. The first-order valence-electron chi connectivity index (χ1n) is 12.9. The van der Waals surface area contributed by atoms with Gasteiger partial charge in [-0.2, -0.15) is 0 Å². The summed E-state index contributed by atoms with van der Waals surface area (Å²) in [5, 5.41) is 3.02. The monoisotopic (exact) mass is 571 g/mol. The van der Waals surface area contributed by atoms with Gasteiger partial charge in [-0.1, -0.05) is 0 Å². The first-order valence-corrected chi connectivity index (χ1v) is 15.3. The minimum absolute atomic E-state index is 0.274. The third kappa shape index (κ3) is 5.73. The number of anilines is 1. The van der Waals surface area contributed by atoms with Crippen molar-refractivity contribution in [3.63, 3.8) is 0 Å². The number of morpholine rings is 1. The van der Waals surface area contributed by atoms with E-state index in [1.165, 1.54) is 17.5 Å². The summed E-state index contributed by atoms with van der Waals surface area (Å²) in [6.45, 7) is 4.17. The van der Waals surface area contributed by atoms with Crippen LogP contribution in [0.15, 0.2) is 36.9 Å². The second-order valence-electron chi connectivity index (χ2n) is 9.82. The molecule has 2 saturated heterocycles. The third-order valence-corrected chi connectivity index (χ3v) is 9.91. The molecule has 3 aromatic rings. The number of aromatic nitrogens is 4. The van der Waals surface area contributed by atoms with Crippen LogP contribution in [0, 0.1) is 0 Å². The van der Waals surface area contributed by atoms with Gasteiger partial charge in [-0.15, -0.1) is 11.3 Å². The minimum Gasteiger partial charge on any atom is -0.477 e. The molecule has 3 aliphatic rings. The highest BCUT2D eigenvalue weighted by molar-refractivity contribution is 7.93. The van der Waals surface area contributed by atoms with Gasteiger partial charge in [0, 0.05) is 31.0 Å². The van der Waals surface area contributed by atoms with Crippen LogP contribution in [0.3, 0.4) is 0 Å². The van der Waals surface area contributed by atoms with Crippen LogP contribution in [-0.4, -0.2) is 82.9 Å². The van der Waals surface area contributed by atoms with Crippen LogP contribution in [-0.2, 0) is 14.8 Å². The molecule has 0 spiro atoms. The highest BCUT2D eigenvalue weighted by Gasteiger charge is 2.43. The maximum Gasteiger partial charge on any atom is 0.280 e. The fraction of sp³-hybridized carbons (Fsp3) is 0.480. The van der Waals surface area contributed by atoms with Gasteiger partial charge in [0.15, 0.2) is 5.01 Å². The minimum atomic E-state index is -3.43. The molecule has 6 rings (SSSR count). The molecule has 2 N–H and O–H groups in total. The van der Waals surface area contributed by atoms with Crippen molar-refractivity contribution in [3.8, 4) is 16.5 Å². The smallest absolute Gasteiger partial charge is 0.280 e. The molecule has 5 heterocycles. The number of carbonyl (C=O) groups is 1. The summed E-state index contributed by atoms with van der Waals surface area (Å²) in [4.78, 5) is 33.8. The highest BCUT2D eigenvalue weighted by Crippen LogP contribution is 2.34. The first kappa shape index (κ1) is 26.0. The lowest BCUT2D eigenvalue weighted by atomic mass is 9.90. The Morgan fingerprint density at radius 1 is 1.23 bits per heavy atom. The Bertz CT molecular complexity index is 1450. The number of ether oxygens (including phenoxy) is 2. The molecule has 14 heteroatoms. The second-order valence-corrected chi connectivity index (χ2v) is 12.8. The van der Waals surface area contributed by atoms with Crippen LogP contribution < -0.4 is 14.8 Å². The highest BCUT2D eigenvalue weighted by atomic mass is 32.2. The number of pyridine rings is 1. The largest absolute Gasteiger partial charge is 0.477 e. The molecular weight excluding hydrogens is 542 g/mol. The second kappa shape index (κ2) is 10.8. The number of hydrogen-bond acceptors (Lipinski definition) is 11. The molecule has 3 atom stereocenters. The molecule has 1 amide bonds. The lowest BCUT2D eigenvalue weighted by Gasteiger charge is -2.53. The normalized spacial score (nSPS) is 21.6. The van der Waals surface area contributed by atoms with Gasteiger partial charge < -0.3 is 14.8 Å². The molecule has 0 unspecified atom stereocenters. The van der Waals surface area contributed by atoms with Gasteiger partial charge in [0.05, 0.1) is 59.8 Å². The third-order valence-electron chi connectivity index (χ3n) is 7.02. The zero-order chi connectivity index (χ0) is 27.0. The summed E-state index contributed by atoms with van der Waals surface area (Å²) in [6.07, 6.45) is 8.69. The molecule has 1 saturated carbocycles. The number of nitrogens with zero attached hydrogens (tertiary/aromatic N) is 5. The Hall–Kier alpha value is -3.20.